The summed E-state index contributed by atoms with van der Waals surface area (Å²) in [6, 6.07) is 0. The summed E-state index contributed by atoms with van der Waals surface area (Å²) >= 11 is 5.56. The van der Waals surface area contributed by atoms with E-state index < -0.39 is 47.8 Å². The summed E-state index contributed by atoms with van der Waals surface area (Å²) in [5.74, 6) is 0.0793. The Morgan fingerprint density at radius 2 is 1.60 bits per heavy atom. The maximum Gasteiger partial charge on any atom is 0.335 e. The maximum atomic E-state index is 11.7. The van der Waals surface area contributed by atoms with Gasteiger partial charge in [-0.1, -0.05) is 67.6 Å². The summed E-state index contributed by atoms with van der Waals surface area (Å²) in [4.78, 5) is 24.9. The number of amides is 1. The van der Waals surface area contributed by atoms with Crippen molar-refractivity contribution in [2.75, 3.05) is 12.4 Å². The highest BCUT2D eigenvalue weighted by molar-refractivity contribution is 7.79. The molecule has 1 amide bonds. The standard InChI is InChI=1S/C26H43N5O6SSi2/c1-14(2)39(15(3)4)35-19(11-38)21-22(36-40(37-39,16(5)6)17(7)8)23(33-10)26(34-21)31-13-29-20-24(30-18(9)32)27-12-28-25(20)31/h11-17,19,21-23,26H,1-10H3,(H,27,28,30,32)/t19?,21-,22-,23-,26-/m1/s1. The molecule has 2 aliphatic rings. The molecule has 2 fully saturated rings. The number of fused-ring (bicyclic) bond motifs is 2. The summed E-state index contributed by atoms with van der Waals surface area (Å²) in [5.41, 5.74) is 1.55. The van der Waals surface area contributed by atoms with Crippen molar-refractivity contribution < 1.29 is 27.2 Å². The smallest absolute Gasteiger partial charge is 0.335 e. The number of rotatable bonds is 8. The lowest BCUT2D eigenvalue weighted by Gasteiger charge is -2.52. The minimum absolute atomic E-state index is 0.142. The van der Waals surface area contributed by atoms with E-state index >= 15 is 0 Å². The van der Waals surface area contributed by atoms with Crippen LogP contribution in [-0.2, 0) is 27.2 Å². The minimum atomic E-state index is -2.93. The molecule has 0 spiro atoms. The SMILES string of the molecule is CO[C@@H]1[C@@H]2O[Si](C(C)C)(C(C)C)O[Si](C(C)C)(C(C)C)OC(C=S)[C@H]2O[C@H]1n1cnc2c(NC(C)=O)ncnc21. The molecule has 0 aliphatic carbocycles. The number of ether oxygens (including phenoxy) is 2. The molecule has 0 aromatic carbocycles. The first-order valence-electron chi connectivity index (χ1n) is 14.0. The quantitative estimate of drug-likeness (QED) is 0.323. The van der Waals surface area contributed by atoms with E-state index in [9.17, 15) is 4.79 Å². The van der Waals surface area contributed by atoms with Crippen molar-refractivity contribution in [2.24, 2.45) is 0 Å². The number of hydrogen-bond donors (Lipinski definition) is 1. The predicted octanol–water partition coefficient (Wildman–Crippen LogP) is 5.02. The lowest BCUT2D eigenvalue weighted by molar-refractivity contribution is -0.114. The maximum absolute atomic E-state index is 11.7. The van der Waals surface area contributed by atoms with Gasteiger partial charge in [0.15, 0.2) is 23.2 Å². The third-order valence-corrected chi connectivity index (χ3v) is 18.6. The Balaban J connectivity index is 1.87. The van der Waals surface area contributed by atoms with Gasteiger partial charge in [0.2, 0.25) is 5.91 Å². The van der Waals surface area contributed by atoms with Crippen molar-refractivity contribution >= 4 is 57.6 Å². The van der Waals surface area contributed by atoms with Gasteiger partial charge in [0.05, 0.1) is 6.33 Å². The van der Waals surface area contributed by atoms with Crippen LogP contribution in [0.2, 0.25) is 22.2 Å². The van der Waals surface area contributed by atoms with E-state index in [1.165, 1.54) is 13.3 Å². The van der Waals surface area contributed by atoms with Crippen LogP contribution in [0.25, 0.3) is 11.2 Å². The molecule has 0 saturated carbocycles. The average Bonchev–Trinajstić information content (AvgIpc) is 3.45. The van der Waals surface area contributed by atoms with E-state index in [2.05, 4.69) is 75.7 Å². The van der Waals surface area contributed by atoms with Gasteiger partial charge in [0.1, 0.15) is 30.7 Å². The molecule has 4 heterocycles. The van der Waals surface area contributed by atoms with Gasteiger partial charge in [-0.25, -0.2) is 15.0 Å². The van der Waals surface area contributed by atoms with Gasteiger partial charge in [0.25, 0.3) is 0 Å². The zero-order chi connectivity index (χ0) is 29.6. The van der Waals surface area contributed by atoms with Gasteiger partial charge in [-0.2, -0.15) is 0 Å². The van der Waals surface area contributed by atoms with Crippen LogP contribution >= 0.6 is 12.2 Å². The second kappa shape index (κ2) is 11.9. The van der Waals surface area contributed by atoms with Gasteiger partial charge >= 0.3 is 17.1 Å². The molecule has 222 valence electrons. The fourth-order valence-corrected chi connectivity index (χ4v) is 17.6. The monoisotopic (exact) mass is 609 g/mol. The molecule has 2 aliphatic heterocycles. The Kier molecular flexibility index (Phi) is 9.32. The fourth-order valence-electron chi connectivity index (χ4n) is 6.08. The van der Waals surface area contributed by atoms with Crippen LogP contribution in [0.1, 0.15) is 68.5 Å². The van der Waals surface area contributed by atoms with Crippen molar-refractivity contribution in [2.45, 2.75) is 115 Å². The van der Waals surface area contributed by atoms with Crippen molar-refractivity contribution in [1.82, 2.24) is 19.5 Å². The molecular formula is C26H43N5O6SSi2. The predicted molar refractivity (Wildman–Crippen MR) is 161 cm³/mol. The summed E-state index contributed by atoms with van der Waals surface area (Å²) in [5, 5.41) is 4.35. The van der Waals surface area contributed by atoms with Gasteiger partial charge in [-0.15, -0.1) is 0 Å². The van der Waals surface area contributed by atoms with Gasteiger partial charge in [-0.05, 0) is 22.2 Å². The van der Waals surface area contributed by atoms with Crippen LogP contribution in [0.4, 0.5) is 5.82 Å². The van der Waals surface area contributed by atoms with E-state index in [1.807, 2.05) is 0 Å². The molecule has 40 heavy (non-hydrogen) atoms. The zero-order valence-electron chi connectivity index (χ0n) is 25.1. The molecule has 0 radical (unpaired) electrons. The largest absolute Gasteiger partial charge is 0.414 e. The van der Waals surface area contributed by atoms with Crippen molar-refractivity contribution in [1.29, 1.82) is 0 Å². The topological polar surface area (TPSA) is 119 Å². The van der Waals surface area contributed by atoms with Crippen LogP contribution in [0.3, 0.4) is 0 Å². The fraction of sp³-hybridized carbons (Fsp3) is 0.731. The number of carbonyl (C=O) groups is 1. The minimum Gasteiger partial charge on any atom is -0.414 e. The third kappa shape index (κ3) is 5.21. The Hall–Kier alpha value is -1.66. The molecule has 14 heteroatoms. The summed E-state index contributed by atoms with van der Waals surface area (Å²) in [6.07, 6.45) is 0.216. The molecule has 2 aromatic rings. The van der Waals surface area contributed by atoms with E-state index in [0.29, 0.717) is 17.0 Å². The number of thiocarbonyl (C=S) groups is 1. The highest BCUT2D eigenvalue weighted by Crippen LogP contribution is 2.50. The number of nitrogens with one attached hydrogen (secondary N) is 1. The number of anilines is 1. The van der Waals surface area contributed by atoms with Crippen molar-refractivity contribution in [3.8, 4) is 0 Å². The molecule has 2 saturated heterocycles. The summed E-state index contributed by atoms with van der Waals surface area (Å²) in [7, 11) is -4.16. The number of hydrogen-bond acceptors (Lipinski definition) is 10. The van der Waals surface area contributed by atoms with Crippen LogP contribution < -0.4 is 5.32 Å². The highest BCUT2D eigenvalue weighted by Gasteiger charge is 2.63. The van der Waals surface area contributed by atoms with E-state index in [-0.39, 0.29) is 28.1 Å². The lowest BCUT2D eigenvalue weighted by atomic mass is 10.1. The first kappa shape index (κ1) is 31.3. The van der Waals surface area contributed by atoms with Crippen LogP contribution in [0, 0.1) is 0 Å². The number of imidazole rings is 1. The number of aromatic nitrogens is 4. The Morgan fingerprint density at radius 3 is 2.12 bits per heavy atom. The number of nitrogens with zero attached hydrogens (tertiary/aromatic N) is 4. The molecule has 1 unspecified atom stereocenters. The summed E-state index contributed by atoms with van der Waals surface area (Å²) < 4.78 is 36.4. The van der Waals surface area contributed by atoms with Gasteiger partial charge < -0.3 is 27.8 Å². The van der Waals surface area contributed by atoms with Gasteiger partial charge in [-0.3, -0.25) is 9.36 Å². The zero-order valence-corrected chi connectivity index (χ0v) is 27.9. The average molecular weight is 610 g/mol. The molecule has 4 rings (SSSR count). The van der Waals surface area contributed by atoms with E-state index in [4.69, 9.17) is 34.7 Å². The van der Waals surface area contributed by atoms with Crippen LogP contribution in [-0.4, -0.2) is 79.4 Å². The Bertz CT molecular complexity index is 1210. The lowest BCUT2D eigenvalue weighted by Crippen LogP contribution is -2.67. The second-order valence-corrected chi connectivity index (χ2v) is 20.9. The second-order valence-electron chi connectivity index (χ2n) is 11.9. The normalized spacial score (nSPS) is 28.2. The van der Waals surface area contributed by atoms with Crippen molar-refractivity contribution in [3.05, 3.63) is 12.7 Å². The Labute approximate surface area is 244 Å². The van der Waals surface area contributed by atoms with E-state index in [0.717, 1.165) is 0 Å². The highest BCUT2D eigenvalue weighted by atomic mass is 32.1. The number of carbonyl (C=O) groups excluding carboxylic acids is 1. The molecule has 5 atom stereocenters. The van der Waals surface area contributed by atoms with E-state index in [1.54, 1.807) is 23.4 Å². The third-order valence-electron chi connectivity index (χ3n) is 8.06. The van der Waals surface area contributed by atoms with Gasteiger partial charge in [0, 0.05) is 19.4 Å². The van der Waals surface area contributed by atoms with Crippen LogP contribution in [0.5, 0.6) is 0 Å². The molecule has 11 nitrogen and oxygen atoms in total. The van der Waals surface area contributed by atoms with Crippen LogP contribution in [0.15, 0.2) is 12.7 Å². The number of methoxy groups -OCH3 is 1. The molecule has 2 aromatic heterocycles. The Morgan fingerprint density at radius 1 is 1.00 bits per heavy atom. The van der Waals surface area contributed by atoms with Crippen molar-refractivity contribution in [3.63, 3.8) is 0 Å². The molecular weight excluding hydrogens is 567 g/mol. The molecule has 1 N–H and O–H groups in total. The molecule has 0 bridgehead atoms. The summed E-state index contributed by atoms with van der Waals surface area (Å²) in [6.45, 7) is 18.8. The first-order chi connectivity index (χ1) is 18.8. The first-order valence-corrected chi connectivity index (χ1v) is 18.4.